The number of hydrogen-bond donors (Lipinski definition) is 1. The smallest absolute Gasteiger partial charge is 0.255 e. The SMILES string of the molecule is O=C(Nc1ccccc1Oc1ccccc1)c1ccc(-n2cccn2)c(F)c1. The molecule has 0 aliphatic carbocycles. The van der Waals surface area contributed by atoms with Crippen LogP contribution >= 0.6 is 0 Å². The molecule has 0 saturated heterocycles. The molecule has 138 valence electrons. The van der Waals surface area contributed by atoms with Crippen LogP contribution < -0.4 is 10.1 Å². The van der Waals surface area contributed by atoms with Crippen LogP contribution in [0.5, 0.6) is 11.5 Å². The van der Waals surface area contributed by atoms with Gasteiger partial charge in [-0.2, -0.15) is 5.10 Å². The molecule has 0 atom stereocenters. The predicted octanol–water partition coefficient (Wildman–Crippen LogP) is 5.06. The molecule has 6 heteroatoms. The minimum atomic E-state index is -0.537. The van der Waals surface area contributed by atoms with Gasteiger partial charge in [-0.05, 0) is 48.5 Å². The monoisotopic (exact) mass is 373 g/mol. The highest BCUT2D eigenvalue weighted by Gasteiger charge is 2.13. The van der Waals surface area contributed by atoms with Gasteiger partial charge in [0, 0.05) is 18.0 Å². The molecule has 4 aromatic rings. The van der Waals surface area contributed by atoms with E-state index in [-0.39, 0.29) is 11.3 Å². The zero-order valence-electron chi connectivity index (χ0n) is 14.7. The van der Waals surface area contributed by atoms with E-state index in [4.69, 9.17) is 4.74 Å². The number of ether oxygens (including phenoxy) is 1. The summed E-state index contributed by atoms with van der Waals surface area (Å²) in [5.41, 5.74) is 0.963. The van der Waals surface area contributed by atoms with Gasteiger partial charge in [-0.25, -0.2) is 9.07 Å². The van der Waals surface area contributed by atoms with E-state index in [1.807, 2.05) is 36.4 Å². The maximum absolute atomic E-state index is 14.4. The molecule has 1 aromatic heterocycles. The quantitative estimate of drug-likeness (QED) is 0.532. The topological polar surface area (TPSA) is 56.1 Å². The van der Waals surface area contributed by atoms with Crippen LogP contribution in [0.4, 0.5) is 10.1 Å². The van der Waals surface area contributed by atoms with Crippen LogP contribution in [-0.2, 0) is 0 Å². The number of benzene rings is 3. The van der Waals surface area contributed by atoms with E-state index in [2.05, 4.69) is 10.4 Å². The van der Waals surface area contributed by atoms with Gasteiger partial charge in [-0.3, -0.25) is 4.79 Å². The molecule has 0 radical (unpaired) electrons. The van der Waals surface area contributed by atoms with Crippen LogP contribution in [0.3, 0.4) is 0 Å². The third-order valence-corrected chi connectivity index (χ3v) is 4.07. The van der Waals surface area contributed by atoms with Gasteiger partial charge >= 0.3 is 0 Å². The Bertz CT molecular complexity index is 1100. The van der Waals surface area contributed by atoms with Gasteiger partial charge in [-0.15, -0.1) is 0 Å². The van der Waals surface area contributed by atoms with E-state index < -0.39 is 11.7 Å². The molecule has 28 heavy (non-hydrogen) atoms. The van der Waals surface area contributed by atoms with Crippen molar-refractivity contribution in [2.24, 2.45) is 0 Å². The summed E-state index contributed by atoms with van der Waals surface area (Å²) in [6, 6.07) is 22.3. The summed E-state index contributed by atoms with van der Waals surface area (Å²) in [4.78, 5) is 12.6. The second-order valence-electron chi connectivity index (χ2n) is 5.98. The number of amides is 1. The molecule has 0 aliphatic rings. The fourth-order valence-electron chi connectivity index (χ4n) is 2.71. The fourth-order valence-corrected chi connectivity index (χ4v) is 2.71. The molecule has 1 N–H and O–H groups in total. The van der Waals surface area contributed by atoms with Gasteiger partial charge in [-0.1, -0.05) is 30.3 Å². The lowest BCUT2D eigenvalue weighted by molar-refractivity contribution is 0.102. The molecular formula is C22H16FN3O2. The van der Waals surface area contributed by atoms with Gasteiger partial charge in [0.15, 0.2) is 5.75 Å². The Hall–Kier alpha value is -3.93. The standard InChI is InChI=1S/C22H16FN3O2/c23-18-15-16(11-12-20(18)26-14-6-13-24-26)22(27)25-19-9-4-5-10-21(19)28-17-7-2-1-3-8-17/h1-15H,(H,25,27). The Morgan fingerprint density at radius 3 is 2.50 bits per heavy atom. The molecule has 4 rings (SSSR count). The van der Waals surface area contributed by atoms with Gasteiger partial charge in [0.25, 0.3) is 5.91 Å². The number of halogens is 1. The number of nitrogens with one attached hydrogen (secondary N) is 1. The highest BCUT2D eigenvalue weighted by molar-refractivity contribution is 6.05. The first-order valence-corrected chi connectivity index (χ1v) is 8.63. The minimum absolute atomic E-state index is 0.197. The summed E-state index contributed by atoms with van der Waals surface area (Å²) >= 11 is 0. The number of nitrogens with zero attached hydrogens (tertiary/aromatic N) is 2. The summed E-state index contributed by atoms with van der Waals surface area (Å²) in [5, 5.41) is 6.78. The molecule has 1 amide bonds. The maximum Gasteiger partial charge on any atom is 0.255 e. The van der Waals surface area contributed by atoms with E-state index >= 15 is 0 Å². The van der Waals surface area contributed by atoms with Crippen molar-refractivity contribution in [3.05, 3.63) is 103 Å². The average molecular weight is 373 g/mol. The lowest BCUT2D eigenvalue weighted by Crippen LogP contribution is -2.13. The molecule has 0 fully saturated rings. The van der Waals surface area contributed by atoms with Crippen molar-refractivity contribution in [2.45, 2.75) is 0 Å². The molecule has 5 nitrogen and oxygen atoms in total. The highest BCUT2D eigenvalue weighted by Crippen LogP contribution is 2.29. The van der Waals surface area contributed by atoms with Crippen molar-refractivity contribution >= 4 is 11.6 Å². The highest BCUT2D eigenvalue weighted by atomic mass is 19.1. The number of hydrogen-bond acceptors (Lipinski definition) is 3. The van der Waals surface area contributed by atoms with Gasteiger partial charge in [0.1, 0.15) is 17.3 Å². The fraction of sp³-hybridized carbons (Fsp3) is 0. The third kappa shape index (κ3) is 3.76. The summed E-state index contributed by atoms with van der Waals surface area (Å²) in [7, 11) is 0. The Morgan fingerprint density at radius 2 is 1.75 bits per heavy atom. The molecule has 1 heterocycles. The van der Waals surface area contributed by atoms with Crippen LogP contribution in [0, 0.1) is 5.82 Å². The van der Waals surface area contributed by atoms with Crippen molar-refractivity contribution in [1.82, 2.24) is 9.78 Å². The zero-order valence-corrected chi connectivity index (χ0v) is 14.7. The van der Waals surface area contributed by atoms with E-state index in [0.717, 1.165) is 0 Å². The van der Waals surface area contributed by atoms with Crippen molar-refractivity contribution in [1.29, 1.82) is 0 Å². The second kappa shape index (κ2) is 7.75. The lowest BCUT2D eigenvalue weighted by atomic mass is 10.1. The number of carbonyl (C=O) groups is 1. The van der Waals surface area contributed by atoms with Crippen LogP contribution in [-0.4, -0.2) is 15.7 Å². The first-order chi connectivity index (χ1) is 13.7. The number of rotatable bonds is 5. The summed E-state index contributed by atoms with van der Waals surface area (Å²) in [6.07, 6.45) is 3.19. The molecule has 0 unspecified atom stereocenters. The van der Waals surface area contributed by atoms with Gasteiger partial charge in [0.2, 0.25) is 0 Å². The molecule has 0 spiro atoms. The normalized spacial score (nSPS) is 10.5. The molecule has 0 bridgehead atoms. The lowest BCUT2D eigenvalue weighted by Gasteiger charge is -2.12. The van der Waals surface area contributed by atoms with Crippen molar-refractivity contribution in [3.63, 3.8) is 0 Å². The van der Waals surface area contributed by atoms with Gasteiger partial charge in [0.05, 0.1) is 5.69 Å². The van der Waals surface area contributed by atoms with Crippen LogP contribution in [0.15, 0.2) is 91.3 Å². The minimum Gasteiger partial charge on any atom is -0.455 e. The summed E-state index contributed by atoms with van der Waals surface area (Å²) in [5.74, 6) is 0.176. The maximum atomic E-state index is 14.4. The van der Waals surface area contributed by atoms with E-state index in [9.17, 15) is 9.18 Å². The zero-order chi connectivity index (χ0) is 19.3. The van der Waals surface area contributed by atoms with Gasteiger partial charge < -0.3 is 10.1 Å². The van der Waals surface area contributed by atoms with Crippen molar-refractivity contribution < 1.29 is 13.9 Å². The van der Waals surface area contributed by atoms with Crippen LogP contribution in [0.1, 0.15) is 10.4 Å². The Balaban J connectivity index is 1.55. The van der Waals surface area contributed by atoms with Crippen molar-refractivity contribution in [3.8, 4) is 17.2 Å². The summed E-state index contributed by atoms with van der Waals surface area (Å²) < 4.78 is 21.7. The van der Waals surface area contributed by atoms with Crippen LogP contribution in [0.25, 0.3) is 5.69 Å². The molecule has 3 aromatic carbocycles. The van der Waals surface area contributed by atoms with E-state index in [1.54, 1.807) is 42.7 Å². The second-order valence-corrected chi connectivity index (χ2v) is 5.98. The van der Waals surface area contributed by atoms with E-state index in [0.29, 0.717) is 17.2 Å². The number of anilines is 1. The molecule has 0 aliphatic heterocycles. The largest absolute Gasteiger partial charge is 0.455 e. The Labute approximate surface area is 161 Å². The first kappa shape index (κ1) is 17.5. The molecule has 0 saturated carbocycles. The third-order valence-electron chi connectivity index (χ3n) is 4.07. The summed E-state index contributed by atoms with van der Waals surface area (Å²) in [6.45, 7) is 0. The van der Waals surface area contributed by atoms with Crippen molar-refractivity contribution in [2.75, 3.05) is 5.32 Å². The number of aromatic nitrogens is 2. The Morgan fingerprint density at radius 1 is 0.964 bits per heavy atom. The Kier molecular flexibility index (Phi) is 4.84. The molecular weight excluding hydrogens is 357 g/mol. The number of carbonyl (C=O) groups excluding carboxylic acids is 1. The van der Waals surface area contributed by atoms with Crippen LogP contribution in [0.2, 0.25) is 0 Å². The predicted molar refractivity (Wildman–Crippen MR) is 104 cm³/mol. The average Bonchev–Trinajstić information content (AvgIpc) is 3.24. The number of para-hydroxylation sites is 3. The van der Waals surface area contributed by atoms with E-state index in [1.165, 1.54) is 16.8 Å². The first-order valence-electron chi connectivity index (χ1n) is 8.63.